The Balaban J connectivity index is 2.25. The molecule has 1 unspecified atom stereocenters. The van der Waals surface area contributed by atoms with E-state index in [1.807, 2.05) is 0 Å². The van der Waals surface area contributed by atoms with Crippen molar-refractivity contribution in [3.63, 3.8) is 0 Å². The second kappa shape index (κ2) is 5.09. The number of nitrogens with zero attached hydrogens (tertiary/aromatic N) is 1. The summed E-state index contributed by atoms with van der Waals surface area (Å²) in [5.74, 6) is 0. The Kier molecular flexibility index (Phi) is 3.69. The van der Waals surface area contributed by atoms with Crippen LogP contribution in [0, 0.1) is 0 Å². The van der Waals surface area contributed by atoms with E-state index >= 15 is 0 Å². The number of hydrogen-bond acceptors (Lipinski definition) is 1. The molecule has 0 heterocycles. The van der Waals surface area contributed by atoms with E-state index in [2.05, 4.69) is 63.6 Å². The van der Waals surface area contributed by atoms with Gasteiger partial charge in [-0.15, -0.1) is 0 Å². The van der Waals surface area contributed by atoms with Gasteiger partial charge in [-0.05, 0) is 16.3 Å². The van der Waals surface area contributed by atoms with E-state index in [4.69, 9.17) is 5.73 Å². The standard InChI is InChI=1S/C16H23N2/c1-18(2,3)12-11-16(17)15-10-6-8-13-7-4-5-9-14(13)15/h4-10,16H,11-12,17H2,1-3H3/q+1. The zero-order valence-corrected chi connectivity index (χ0v) is 11.6. The number of quaternary nitrogens is 1. The Morgan fingerprint density at radius 1 is 1.00 bits per heavy atom. The average Bonchev–Trinajstić information content (AvgIpc) is 2.34. The molecule has 2 aromatic rings. The summed E-state index contributed by atoms with van der Waals surface area (Å²) in [5, 5.41) is 2.56. The van der Waals surface area contributed by atoms with Gasteiger partial charge in [-0.3, -0.25) is 0 Å². The highest BCUT2D eigenvalue weighted by Gasteiger charge is 2.14. The van der Waals surface area contributed by atoms with E-state index in [0.29, 0.717) is 0 Å². The molecule has 0 bridgehead atoms. The van der Waals surface area contributed by atoms with Crippen molar-refractivity contribution in [2.75, 3.05) is 27.7 Å². The van der Waals surface area contributed by atoms with Crippen LogP contribution in [0.4, 0.5) is 0 Å². The van der Waals surface area contributed by atoms with Crippen molar-refractivity contribution in [1.29, 1.82) is 0 Å². The van der Waals surface area contributed by atoms with E-state index in [1.54, 1.807) is 0 Å². The minimum Gasteiger partial charge on any atom is -0.331 e. The molecule has 2 nitrogen and oxygen atoms in total. The van der Waals surface area contributed by atoms with E-state index in [0.717, 1.165) is 17.4 Å². The second-order valence-electron chi connectivity index (χ2n) is 5.98. The molecule has 0 spiro atoms. The molecule has 0 saturated carbocycles. The summed E-state index contributed by atoms with van der Waals surface area (Å²) in [6, 6.07) is 15.0. The quantitative estimate of drug-likeness (QED) is 0.821. The summed E-state index contributed by atoms with van der Waals surface area (Å²) < 4.78 is 0.957. The van der Waals surface area contributed by atoms with E-state index < -0.39 is 0 Å². The number of hydrogen-bond donors (Lipinski definition) is 1. The molecule has 2 rings (SSSR count). The fourth-order valence-corrected chi connectivity index (χ4v) is 2.26. The molecular formula is C16H23N2+. The maximum atomic E-state index is 6.36. The number of fused-ring (bicyclic) bond motifs is 1. The first-order chi connectivity index (χ1) is 8.47. The van der Waals surface area contributed by atoms with Gasteiger partial charge < -0.3 is 10.2 Å². The highest BCUT2D eigenvalue weighted by atomic mass is 15.3. The first-order valence-electron chi connectivity index (χ1n) is 6.51. The summed E-state index contributed by atoms with van der Waals surface area (Å²) in [6.45, 7) is 1.09. The molecule has 18 heavy (non-hydrogen) atoms. The van der Waals surface area contributed by atoms with Gasteiger partial charge in [0.2, 0.25) is 0 Å². The summed E-state index contributed by atoms with van der Waals surface area (Å²) in [6.07, 6.45) is 1.01. The summed E-state index contributed by atoms with van der Waals surface area (Å²) in [7, 11) is 6.61. The van der Waals surface area contributed by atoms with Gasteiger partial charge in [-0.1, -0.05) is 42.5 Å². The second-order valence-corrected chi connectivity index (χ2v) is 5.98. The molecule has 0 saturated heterocycles. The molecule has 1 atom stereocenters. The molecule has 2 heteroatoms. The maximum absolute atomic E-state index is 6.36. The third kappa shape index (κ3) is 3.09. The molecule has 2 N–H and O–H groups in total. The summed E-state index contributed by atoms with van der Waals surface area (Å²) in [4.78, 5) is 0. The fraction of sp³-hybridized carbons (Fsp3) is 0.375. The van der Waals surface area contributed by atoms with Gasteiger partial charge in [-0.25, -0.2) is 0 Å². The largest absolute Gasteiger partial charge is 0.331 e. The monoisotopic (exact) mass is 243 g/mol. The summed E-state index contributed by atoms with van der Waals surface area (Å²) in [5.41, 5.74) is 7.62. The predicted octanol–water partition coefficient (Wildman–Crippen LogP) is 2.94. The third-order valence-corrected chi connectivity index (χ3v) is 3.33. The first-order valence-corrected chi connectivity index (χ1v) is 6.51. The lowest BCUT2D eigenvalue weighted by molar-refractivity contribution is -0.870. The van der Waals surface area contributed by atoms with Crippen molar-refractivity contribution >= 4 is 10.8 Å². The Morgan fingerprint density at radius 3 is 2.39 bits per heavy atom. The van der Waals surface area contributed by atoms with Crippen LogP contribution in [0.5, 0.6) is 0 Å². The molecule has 96 valence electrons. The third-order valence-electron chi connectivity index (χ3n) is 3.33. The predicted molar refractivity (Wildman–Crippen MR) is 78.4 cm³/mol. The lowest BCUT2D eigenvalue weighted by Crippen LogP contribution is -2.36. The van der Waals surface area contributed by atoms with Gasteiger partial charge in [0.25, 0.3) is 0 Å². The highest BCUT2D eigenvalue weighted by molar-refractivity contribution is 5.86. The van der Waals surface area contributed by atoms with Crippen LogP contribution >= 0.6 is 0 Å². The lowest BCUT2D eigenvalue weighted by atomic mass is 9.97. The summed E-state index contributed by atoms with van der Waals surface area (Å²) >= 11 is 0. The SMILES string of the molecule is C[N+](C)(C)CCC(N)c1cccc2ccccc12. The van der Waals surface area contributed by atoms with Crippen molar-refractivity contribution in [3.05, 3.63) is 48.0 Å². The minimum atomic E-state index is 0.119. The van der Waals surface area contributed by atoms with Gasteiger partial charge in [0.05, 0.1) is 27.7 Å². The van der Waals surface area contributed by atoms with Gasteiger partial charge in [-0.2, -0.15) is 0 Å². The smallest absolute Gasteiger partial charge is 0.0798 e. The van der Waals surface area contributed by atoms with Gasteiger partial charge in [0, 0.05) is 12.5 Å². The average molecular weight is 243 g/mol. The van der Waals surface area contributed by atoms with Crippen LogP contribution in [0.15, 0.2) is 42.5 Å². The Hall–Kier alpha value is -1.38. The normalized spacial score (nSPS) is 13.8. The van der Waals surface area contributed by atoms with Crippen LogP contribution in [0.1, 0.15) is 18.0 Å². The fourth-order valence-electron chi connectivity index (χ4n) is 2.26. The van der Waals surface area contributed by atoms with Gasteiger partial charge in [0.1, 0.15) is 0 Å². The first kappa shape index (κ1) is 13.1. The van der Waals surface area contributed by atoms with Crippen molar-refractivity contribution in [3.8, 4) is 0 Å². The minimum absolute atomic E-state index is 0.119. The van der Waals surface area contributed by atoms with E-state index in [1.165, 1.54) is 16.3 Å². The van der Waals surface area contributed by atoms with Crippen molar-refractivity contribution in [2.45, 2.75) is 12.5 Å². The van der Waals surface area contributed by atoms with Crippen LogP contribution in [0.25, 0.3) is 10.8 Å². The maximum Gasteiger partial charge on any atom is 0.0798 e. The van der Waals surface area contributed by atoms with Crippen molar-refractivity contribution < 1.29 is 4.48 Å². The Bertz CT molecular complexity index is 521. The van der Waals surface area contributed by atoms with Gasteiger partial charge >= 0.3 is 0 Å². The van der Waals surface area contributed by atoms with Crippen LogP contribution in [0.3, 0.4) is 0 Å². The number of rotatable bonds is 4. The van der Waals surface area contributed by atoms with Crippen LogP contribution in [-0.2, 0) is 0 Å². The Morgan fingerprint density at radius 2 is 1.67 bits per heavy atom. The van der Waals surface area contributed by atoms with E-state index in [-0.39, 0.29) is 6.04 Å². The highest BCUT2D eigenvalue weighted by Crippen LogP contribution is 2.25. The molecular weight excluding hydrogens is 220 g/mol. The van der Waals surface area contributed by atoms with Crippen molar-refractivity contribution in [2.24, 2.45) is 5.73 Å². The van der Waals surface area contributed by atoms with Crippen LogP contribution in [-0.4, -0.2) is 32.2 Å². The van der Waals surface area contributed by atoms with Crippen molar-refractivity contribution in [1.82, 2.24) is 0 Å². The zero-order chi connectivity index (χ0) is 13.2. The molecule has 0 aliphatic carbocycles. The van der Waals surface area contributed by atoms with E-state index in [9.17, 15) is 0 Å². The van der Waals surface area contributed by atoms with Gasteiger partial charge in [0.15, 0.2) is 0 Å². The van der Waals surface area contributed by atoms with Crippen LogP contribution < -0.4 is 5.73 Å². The topological polar surface area (TPSA) is 26.0 Å². The molecule has 0 aromatic heterocycles. The number of nitrogens with two attached hydrogens (primary N) is 1. The molecule has 0 aliphatic heterocycles. The lowest BCUT2D eigenvalue weighted by Gasteiger charge is -2.26. The molecule has 0 fully saturated rings. The molecule has 0 radical (unpaired) electrons. The zero-order valence-electron chi connectivity index (χ0n) is 11.6. The molecule has 0 amide bonds. The number of benzene rings is 2. The molecule has 0 aliphatic rings. The molecule has 2 aromatic carbocycles. The van der Waals surface area contributed by atoms with Crippen LogP contribution in [0.2, 0.25) is 0 Å². The Labute approximate surface area is 110 Å².